The summed E-state index contributed by atoms with van der Waals surface area (Å²) < 4.78 is 25.6. The molecule has 5 heteroatoms. The minimum Gasteiger partial charge on any atom is -0.319 e. The van der Waals surface area contributed by atoms with E-state index in [0.29, 0.717) is 13.1 Å². The molecule has 0 spiro atoms. The fraction of sp³-hybridized carbons (Fsp3) is 0.818. The Bertz CT molecular complexity index is 323. The summed E-state index contributed by atoms with van der Waals surface area (Å²) in [6, 6.07) is 0. The van der Waals surface area contributed by atoms with Crippen LogP contribution in [0.3, 0.4) is 0 Å². The minimum atomic E-state index is -3.08. The SMILES string of the molecule is CNCCS(=O)(=O)NCCC1=CCCCC1. The predicted molar refractivity (Wildman–Crippen MR) is 66.9 cm³/mol. The zero-order valence-corrected chi connectivity index (χ0v) is 10.8. The maximum Gasteiger partial charge on any atom is 0.212 e. The van der Waals surface area contributed by atoms with Gasteiger partial charge >= 0.3 is 0 Å². The third-order valence-electron chi connectivity index (χ3n) is 2.77. The molecule has 1 rings (SSSR count). The van der Waals surface area contributed by atoms with Crippen molar-refractivity contribution in [3.05, 3.63) is 11.6 Å². The summed E-state index contributed by atoms with van der Waals surface area (Å²) >= 11 is 0. The van der Waals surface area contributed by atoms with Crippen LogP contribution in [-0.4, -0.2) is 34.3 Å². The molecule has 0 unspecified atom stereocenters. The zero-order chi connectivity index (χ0) is 11.9. The number of hydrogen-bond donors (Lipinski definition) is 2. The molecule has 0 aromatic rings. The Morgan fingerprint density at radius 2 is 2.12 bits per heavy atom. The molecule has 0 aromatic heterocycles. The van der Waals surface area contributed by atoms with Crippen molar-refractivity contribution in [2.45, 2.75) is 32.1 Å². The molecule has 0 radical (unpaired) electrons. The molecule has 0 bridgehead atoms. The van der Waals surface area contributed by atoms with Crippen molar-refractivity contribution < 1.29 is 8.42 Å². The summed E-state index contributed by atoms with van der Waals surface area (Å²) in [7, 11) is -1.33. The molecule has 0 saturated heterocycles. The van der Waals surface area contributed by atoms with Crippen LogP contribution in [0.5, 0.6) is 0 Å². The second-order valence-electron chi connectivity index (χ2n) is 4.17. The van der Waals surface area contributed by atoms with Gasteiger partial charge in [-0.2, -0.15) is 0 Å². The minimum absolute atomic E-state index is 0.155. The van der Waals surface area contributed by atoms with E-state index in [-0.39, 0.29) is 5.75 Å². The van der Waals surface area contributed by atoms with Gasteiger partial charge in [0.25, 0.3) is 0 Å². The summed E-state index contributed by atoms with van der Waals surface area (Å²) in [4.78, 5) is 0. The smallest absolute Gasteiger partial charge is 0.212 e. The molecule has 0 saturated carbocycles. The highest BCUT2D eigenvalue weighted by atomic mass is 32.2. The molecule has 4 nitrogen and oxygen atoms in total. The standard InChI is InChI=1S/C11H22N2O2S/c1-12-9-10-16(14,15)13-8-7-11-5-3-2-4-6-11/h5,12-13H,2-4,6-10H2,1H3. The van der Waals surface area contributed by atoms with E-state index in [1.165, 1.54) is 18.4 Å². The van der Waals surface area contributed by atoms with E-state index in [4.69, 9.17) is 0 Å². The quantitative estimate of drug-likeness (QED) is 0.659. The summed E-state index contributed by atoms with van der Waals surface area (Å²) in [5.74, 6) is 0.155. The lowest BCUT2D eigenvalue weighted by molar-refractivity contribution is 0.577. The molecule has 2 N–H and O–H groups in total. The highest BCUT2D eigenvalue weighted by Gasteiger charge is 2.09. The number of hydrogen-bond acceptors (Lipinski definition) is 3. The fourth-order valence-electron chi connectivity index (χ4n) is 1.81. The molecule has 0 atom stereocenters. The highest BCUT2D eigenvalue weighted by molar-refractivity contribution is 7.89. The first-order chi connectivity index (χ1) is 7.64. The number of sulfonamides is 1. The molecular weight excluding hydrogens is 224 g/mol. The normalized spacial score (nSPS) is 17.2. The second-order valence-corrected chi connectivity index (χ2v) is 6.10. The lowest BCUT2D eigenvalue weighted by Gasteiger charge is -2.13. The Hall–Kier alpha value is -0.390. The molecule has 1 aliphatic carbocycles. The van der Waals surface area contributed by atoms with Gasteiger partial charge in [-0.15, -0.1) is 0 Å². The van der Waals surface area contributed by atoms with E-state index in [1.807, 2.05) is 0 Å². The first-order valence-electron chi connectivity index (χ1n) is 5.94. The van der Waals surface area contributed by atoms with E-state index in [9.17, 15) is 8.42 Å². The van der Waals surface area contributed by atoms with Crippen molar-refractivity contribution in [2.24, 2.45) is 0 Å². The second kappa shape index (κ2) is 7.04. The first-order valence-corrected chi connectivity index (χ1v) is 7.59. The van der Waals surface area contributed by atoms with E-state index in [2.05, 4.69) is 16.1 Å². The maximum atomic E-state index is 11.5. The summed E-state index contributed by atoms with van der Waals surface area (Å²) in [6.07, 6.45) is 7.93. The number of rotatable bonds is 7. The molecule has 94 valence electrons. The van der Waals surface area contributed by atoms with Crippen LogP contribution in [0.15, 0.2) is 11.6 Å². The van der Waals surface area contributed by atoms with Gasteiger partial charge in [0, 0.05) is 13.1 Å². The van der Waals surface area contributed by atoms with Gasteiger partial charge < -0.3 is 5.32 Å². The van der Waals surface area contributed by atoms with Gasteiger partial charge in [-0.1, -0.05) is 11.6 Å². The van der Waals surface area contributed by atoms with Gasteiger partial charge in [0.1, 0.15) is 0 Å². The summed E-state index contributed by atoms with van der Waals surface area (Å²) in [5, 5.41) is 2.83. The number of nitrogens with one attached hydrogen (secondary N) is 2. The van der Waals surface area contributed by atoms with Crippen molar-refractivity contribution >= 4 is 10.0 Å². The van der Waals surface area contributed by atoms with Gasteiger partial charge in [0.15, 0.2) is 0 Å². The third-order valence-corrected chi connectivity index (χ3v) is 4.16. The first kappa shape index (κ1) is 13.7. The van der Waals surface area contributed by atoms with Crippen molar-refractivity contribution in [2.75, 3.05) is 25.9 Å². The average Bonchev–Trinajstić information content (AvgIpc) is 2.28. The van der Waals surface area contributed by atoms with E-state index < -0.39 is 10.0 Å². The van der Waals surface area contributed by atoms with Crippen molar-refractivity contribution in [3.8, 4) is 0 Å². The van der Waals surface area contributed by atoms with E-state index in [0.717, 1.165) is 19.3 Å². The summed E-state index contributed by atoms with van der Waals surface area (Å²) in [6.45, 7) is 1.04. The predicted octanol–water partition coefficient (Wildman–Crippen LogP) is 1.02. The van der Waals surface area contributed by atoms with Gasteiger partial charge in [0.05, 0.1) is 5.75 Å². The summed E-state index contributed by atoms with van der Waals surface area (Å²) in [5.41, 5.74) is 1.41. The number of allylic oxidation sites excluding steroid dienone is 1. The van der Waals surface area contributed by atoms with Crippen molar-refractivity contribution in [3.63, 3.8) is 0 Å². The van der Waals surface area contributed by atoms with Crippen molar-refractivity contribution in [1.29, 1.82) is 0 Å². The Balaban J connectivity index is 2.21. The molecule has 0 fully saturated rings. The maximum absolute atomic E-state index is 11.5. The van der Waals surface area contributed by atoms with E-state index in [1.54, 1.807) is 7.05 Å². The molecular formula is C11H22N2O2S. The van der Waals surface area contributed by atoms with Gasteiger partial charge in [-0.05, 0) is 39.2 Å². The van der Waals surface area contributed by atoms with Gasteiger partial charge in [0.2, 0.25) is 10.0 Å². The topological polar surface area (TPSA) is 58.2 Å². The molecule has 0 aromatic carbocycles. The Labute approximate surface area is 98.6 Å². The lowest BCUT2D eigenvalue weighted by atomic mass is 9.97. The van der Waals surface area contributed by atoms with Crippen LogP contribution in [0.2, 0.25) is 0 Å². The van der Waals surface area contributed by atoms with Crippen LogP contribution >= 0.6 is 0 Å². The Morgan fingerprint density at radius 1 is 1.31 bits per heavy atom. The molecule has 0 aliphatic heterocycles. The Kier molecular flexibility index (Phi) is 6.01. The van der Waals surface area contributed by atoms with E-state index >= 15 is 0 Å². The largest absolute Gasteiger partial charge is 0.319 e. The third kappa shape index (κ3) is 5.63. The zero-order valence-electron chi connectivity index (χ0n) is 9.96. The molecule has 0 amide bonds. The highest BCUT2D eigenvalue weighted by Crippen LogP contribution is 2.19. The van der Waals surface area contributed by atoms with Gasteiger partial charge in [-0.3, -0.25) is 0 Å². The molecule has 0 heterocycles. The van der Waals surface area contributed by atoms with Crippen LogP contribution < -0.4 is 10.0 Å². The average molecular weight is 246 g/mol. The van der Waals surface area contributed by atoms with Crippen LogP contribution in [-0.2, 0) is 10.0 Å². The monoisotopic (exact) mass is 246 g/mol. The van der Waals surface area contributed by atoms with Crippen LogP contribution in [0.4, 0.5) is 0 Å². The van der Waals surface area contributed by atoms with Crippen LogP contribution in [0.25, 0.3) is 0 Å². The van der Waals surface area contributed by atoms with Gasteiger partial charge in [-0.25, -0.2) is 13.1 Å². The van der Waals surface area contributed by atoms with Crippen molar-refractivity contribution in [1.82, 2.24) is 10.0 Å². The lowest BCUT2D eigenvalue weighted by Crippen LogP contribution is -2.31. The Morgan fingerprint density at radius 3 is 2.75 bits per heavy atom. The molecule has 1 aliphatic rings. The van der Waals surface area contributed by atoms with Crippen LogP contribution in [0, 0.1) is 0 Å². The molecule has 16 heavy (non-hydrogen) atoms. The fourth-order valence-corrected chi connectivity index (χ4v) is 2.84. The van der Waals surface area contributed by atoms with Crippen LogP contribution in [0.1, 0.15) is 32.1 Å².